The Hall–Kier alpha value is -2.41. The molecule has 0 aliphatic carbocycles. The van der Waals surface area contributed by atoms with Crippen LogP contribution < -0.4 is 9.57 Å². The van der Waals surface area contributed by atoms with Crippen LogP contribution in [0.3, 0.4) is 0 Å². The first-order valence-electron chi connectivity index (χ1n) is 6.55. The number of hydrogen-bond acceptors (Lipinski definition) is 4. The van der Waals surface area contributed by atoms with E-state index < -0.39 is 15.8 Å². The third kappa shape index (κ3) is 4.05. The van der Waals surface area contributed by atoms with E-state index in [9.17, 15) is 12.8 Å². The largest absolute Gasteiger partial charge is 0.494 e. The van der Waals surface area contributed by atoms with Gasteiger partial charge in [0.25, 0.3) is 10.0 Å². The average Bonchev–Trinajstić information content (AvgIpc) is 2.50. The molecular weight excluding hydrogens is 307 g/mol. The van der Waals surface area contributed by atoms with E-state index >= 15 is 0 Å². The zero-order valence-corrected chi connectivity index (χ0v) is 12.7. The Morgan fingerprint density at radius 1 is 1.18 bits per heavy atom. The maximum absolute atomic E-state index is 13.4. The fourth-order valence-corrected chi connectivity index (χ4v) is 2.47. The van der Waals surface area contributed by atoms with E-state index in [1.165, 1.54) is 30.3 Å². The summed E-state index contributed by atoms with van der Waals surface area (Å²) in [6.07, 6.45) is 1.11. The van der Waals surface area contributed by atoms with Gasteiger partial charge in [-0.2, -0.15) is 13.5 Å². The van der Waals surface area contributed by atoms with Gasteiger partial charge in [0.2, 0.25) is 0 Å². The number of benzene rings is 2. The van der Waals surface area contributed by atoms with Crippen LogP contribution in [-0.2, 0) is 10.0 Å². The fraction of sp³-hybridized carbons (Fsp3) is 0.133. The van der Waals surface area contributed by atoms with E-state index in [-0.39, 0.29) is 10.5 Å². The summed E-state index contributed by atoms with van der Waals surface area (Å²) in [6.45, 7) is 2.33. The zero-order chi connectivity index (χ0) is 16.0. The van der Waals surface area contributed by atoms with Crippen molar-refractivity contribution in [1.29, 1.82) is 0 Å². The highest BCUT2D eigenvalue weighted by atomic mass is 32.2. The van der Waals surface area contributed by atoms with Crippen LogP contribution in [-0.4, -0.2) is 21.2 Å². The van der Waals surface area contributed by atoms with Crippen molar-refractivity contribution in [2.75, 3.05) is 6.61 Å². The molecule has 0 saturated heterocycles. The first-order valence-corrected chi connectivity index (χ1v) is 8.03. The van der Waals surface area contributed by atoms with Crippen molar-refractivity contribution in [1.82, 2.24) is 4.83 Å². The van der Waals surface area contributed by atoms with Crippen molar-refractivity contribution in [3.05, 3.63) is 59.9 Å². The maximum Gasteiger partial charge on any atom is 0.276 e. The molecule has 2 aromatic rings. The van der Waals surface area contributed by atoms with Gasteiger partial charge in [-0.25, -0.2) is 9.22 Å². The second-order valence-electron chi connectivity index (χ2n) is 4.28. The van der Waals surface area contributed by atoms with Crippen LogP contribution in [0.1, 0.15) is 12.5 Å². The molecule has 0 aliphatic heterocycles. The highest BCUT2D eigenvalue weighted by Crippen LogP contribution is 2.15. The molecule has 0 amide bonds. The molecule has 1 N–H and O–H groups in total. The number of halogens is 1. The van der Waals surface area contributed by atoms with Crippen molar-refractivity contribution in [3.63, 3.8) is 0 Å². The van der Waals surface area contributed by atoms with Crippen LogP contribution in [0.5, 0.6) is 5.75 Å². The molecule has 0 unspecified atom stereocenters. The van der Waals surface area contributed by atoms with Crippen LogP contribution in [0.2, 0.25) is 0 Å². The van der Waals surface area contributed by atoms with Crippen LogP contribution >= 0.6 is 0 Å². The van der Waals surface area contributed by atoms with Gasteiger partial charge >= 0.3 is 0 Å². The number of rotatable bonds is 6. The lowest BCUT2D eigenvalue weighted by Crippen LogP contribution is -2.18. The smallest absolute Gasteiger partial charge is 0.276 e. The van der Waals surface area contributed by atoms with E-state index in [4.69, 9.17) is 4.74 Å². The van der Waals surface area contributed by atoms with Gasteiger partial charge in [0.05, 0.1) is 17.7 Å². The molecule has 0 atom stereocenters. The third-order valence-corrected chi connectivity index (χ3v) is 3.97. The number of hydrazone groups is 1. The van der Waals surface area contributed by atoms with Crippen LogP contribution in [0.15, 0.2) is 58.5 Å². The second-order valence-corrected chi connectivity index (χ2v) is 5.94. The summed E-state index contributed by atoms with van der Waals surface area (Å²) < 4.78 is 42.6. The number of nitrogens with zero attached hydrogens (tertiary/aromatic N) is 1. The van der Waals surface area contributed by atoms with E-state index in [0.29, 0.717) is 12.4 Å². The van der Waals surface area contributed by atoms with E-state index in [1.807, 2.05) is 11.8 Å². The topological polar surface area (TPSA) is 67.8 Å². The first-order chi connectivity index (χ1) is 10.5. The summed E-state index contributed by atoms with van der Waals surface area (Å²) in [5.41, 5.74) is 0.192. The number of ether oxygens (including phenoxy) is 1. The lowest BCUT2D eigenvalue weighted by Gasteiger charge is -2.05. The Labute approximate surface area is 128 Å². The highest BCUT2D eigenvalue weighted by molar-refractivity contribution is 7.89. The SMILES string of the molecule is CCOc1ccc(S(=O)(=O)N/N=C\c2ccccc2F)cc1. The molecule has 0 aromatic heterocycles. The zero-order valence-electron chi connectivity index (χ0n) is 11.9. The van der Waals surface area contributed by atoms with Crippen LogP contribution in [0.25, 0.3) is 0 Å². The molecule has 2 aromatic carbocycles. The van der Waals surface area contributed by atoms with Crippen LogP contribution in [0, 0.1) is 5.82 Å². The number of hydrogen-bond donors (Lipinski definition) is 1. The minimum absolute atomic E-state index is 0.0432. The molecule has 0 heterocycles. The van der Waals surface area contributed by atoms with Gasteiger partial charge < -0.3 is 4.74 Å². The Morgan fingerprint density at radius 2 is 1.86 bits per heavy atom. The Balaban J connectivity index is 2.09. The summed E-state index contributed by atoms with van der Waals surface area (Å²) in [5.74, 6) is 0.0998. The molecule has 116 valence electrons. The van der Waals surface area contributed by atoms with E-state index in [0.717, 1.165) is 6.21 Å². The standard InChI is InChI=1S/C15H15FN2O3S/c1-2-21-13-7-9-14(10-8-13)22(19,20)18-17-11-12-5-3-4-6-15(12)16/h3-11,18H,2H2,1H3/b17-11-. The van der Waals surface area contributed by atoms with Gasteiger partial charge in [0.15, 0.2) is 0 Å². The highest BCUT2D eigenvalue weighted by Gasteiger charge is 2.12. The van der Waals surface area contributed by atoms with Crippen molar-refractivity contribution < 1.29 is 17.5 Å². The lowest BCUT2D eigenvalue weighted by molar-refractivity contribution is 0.340. The molecule has 0 aliphatic rings. The molecule has 0 fully saturated rings. The van der Waals surface area contributed by atoms with Gasteiger partial charge in [-0.3, -0.25) is 0 Å². The normalized spacial score (nSPS) is 11.5. The van der Waals surface area contributed by atoms with Gasteiger partial charge in [-0.15, -0.1) is 0 Å². The summed E-state index contributed by atoms with van der Waals surface area (Å²) in [6, 6.07) is 11.9. The van der Waals surface area contributed by atoms with E-state index in [2.05, 4.69) is 5.10 Å². The monoisotopic (exact) mass is 322 g/mol. The number of nitrogens with one attached hydrogen (secondary N) is 1. The van der Waals surface area contributed by atoms with Gasteiger partial charge in [-0.05, 0) is 37.3 Å². The summed E-state index contributed by atoms with van der Waals surface area (Å²) in [5, 5.41) is 3.58. The quantitative estimate of drug-likeness (QED) is 0.656. The Morgan fingerprint density at radius 3 is 2.50 bits per heavy atom. The Kier molecular flexibility index (Phi) is 5.11. The summed E-state index contributed by atoms with van der Waals surface area (Å²) in [7, 11) is -3.80. The molecule has 22 heavy (non-hydrogen) atoms. The molecule has 0 bridgehead atoms. The van der Waals surface area contributed by atoms with Crippen molar-refractivity contribution in [2.45, 2.75) is 11.8 Å². The maximum atomic E-state index is 13.4. The van der Waals surface area contributed by atoms with Gasteiger partial charge in [0.1, 0.15) is 11.6 Å². The van der Waals surface area contributed by atoms with Crippen molar-refractivity contribution in [3.8, 4) is 5.75 Å². The second kappa shape index (κ2) is 7.04. The van der Waals surface area contributed by atoms with E-state index in [1.54, 1.807) is 18.2 Å². The average molecular weight is 322 g/mol. The summed E-state index contributed by atoms with van der Waals surface area (Å²) in [4.78, 5) is 2.08. The molecule has 0 saturated carbocycles. The predicted octanol–water partition coefficient (Wildman–Crippen LogP) is 2.54. The molecule has 7 heteroatoms. The predicted molar refractivity (Wildman–Crippen MR) is 81.9 cm³/mol. The lowest BCUT2D eigenvalue weighted by atomic mass is 10.2. The Bertz CT molecular complexity index is 759. The number of sulfonamides is 1. The molecule has 5 nitrogen and oxygen atoms in total. The summed E-state index contributed by atoms with van der Waals surface area (Å²) >= 11 is 0. The minimum atomic E-state index is -3.80. The third-order valence-electron chi connectivity index (χ3n) is 2.73. The van der Waals surface area contributed by atoms with Crippen molar-refractivity contribution in [2.24, 2.45) is 5.10 Å². The van der Waals surface area contributed by atoms with Crippen LogP contribution in [0.4, 0.5) is 4.39 Å². The molecule has 0 spiro atoms. The minimum Gasteiger partial charge on any atom is -0.494 e. The first kappa shape index (κ1) is 16.0. The van der Waals surface area contributed by atoms with Gasteiger partial charge in [0, 0.05) is 5.56 Å². The van der Waals surface area contributed by atoms with Crippen molar-refractivity contribution >= 4 is 16.2 Å². The molecular formula is C15H15FN2O3S. The molecule has 2 rings (SSSR count). The molecule has 0 radical (unpaired) electrons. The fourth-order valence-electron chi connectivity index (χ4n) is 1.68. The van der Waals surface area contributed by atoms with Gasteiger partial charge in [-0.1, -0.05) is 18.2 Å².